The molecule has 1 aliphatic carbocycles. The fourth-order valence-corrected chi connectivity index (χ4v) is 2.37. The molecule has 0 aromatic heterocycles. The molecule has 1 rings (SSSR count). The maximum atomic E-state index is 12.1. The number of rotatable bonds is 7. The maximum absolute atomic E-state index is 12.1. The Morgan fingerprint density at radius 3 is 2.75 bits per heavy atom. The van der Waals surface area contributed by atoms with Gasteiger partial charge in [-0.25, -0.2) is 0 Å². The third kappa shape index (κ3) is 7.69. The molecule has 0 aromatic rings. The molecule has 0 saturated heterocycles. The van der Waals surface area contributed by atoms with Crippen LogP contribution in [0.25, 0.3) is 0 Å². The number of hydrogen-bond acceptors (Lipinski definition) is 3. The second-order valence-electron chi connectivity index (χ2n) is 5.19. The number of amides is 1. The zero-order valence-electron chi connectivity index (χ0n) is 11.8. The van der Waals surface area contributed by atoms with Crippen LogP contribution in [0.5, 0.6) is 0 Å². The Hall–Kier alpha value is -0.820. The van der Waals surface area contributed by atoms with Crippen molar-refractivity contribution >= 4 is 5.91 Å². The summed E-state index contributed by atoms with van der Waals surface area (Å²) in [5, 5.41) is 5.83. The van der Waals surface area contributed by atoms with Crippen LogP contribution in [0.1, 0.15) is 38.5 Å². The van der Waals surface area contributed by atoms with Gasteiger partial charge in [-0.15, -0.1) is 0 Å². The molecule has 7 heteroatoms. The maximum Gasteiger partial charge on any atom is 0.411 e. The molecule has 0 spiro atoms. The van der Waals surface area contributed by atoms with Gasteiger partial charge >= 0.3 is 6.18 Å². The fourth-order valence-electron chi connectivity index (χ4n) is 2.37. The molecule has 0 aromatic carbocycles. The van der Waals surface area contributed by atoms with E-state index in [-0.39, 0.29) is 11.9 Å². The van der Waals surface area contributed by atoms with E-state index in [0.29, 0.717) is 19.3 Å². The quantitative estimate of drug-likeness (QED) is 0.706. The van der Waals surface area contributed by atoms with E-state index in [1.165, 1.54) is 0 Å². The van der Waals surface area contributed by atoms with Crippen LogP contribution in [0.3, 0.4) is 0 Å². The summed E-state index contributed by atoms with van der Waals surface area (Å²) in [7, 11) is 1.82. The van der Waals surface area contributed by atoms with Gasteiger partial charge < -0.3 is 15.4 Å². The first-order valence-corrected chi connectivity index (χ1v) is 7.03. The van der Waals surface area contributed by atoms with E-state index in [1.54, 1.807) is 0 Å². The first-order valence-electron chi connectivity index (χ1n) is 7.03. The molecule has 0 radical (unpaired) electrons. The second kappa shape index (κ2) is 8.46. The Morgan fingerprint density at radius 2 is 2.10 bits per heavy atom. The van der Waals surface area contributed by atoms with Crippen LogP contribution in [-0.2, 0) is 9.53 Å². The molecule has 118 valence electrons. The van der Waals surface area contributed by atoms with Crippen LogP contribution in [0.4, 0.5) is 13.2 Å². The molecule has 0 bridgehead atoms. The lowest BCUT2D eigenvalue weighted by Crippen LogP contribution is -2.41. The summed E-state index contributed by atoms with van der Waals surface area (Å²) in [6.07, 6.45) is -0.824. The van der Waals surface area contributed by atoms with Crippen molar-refractivity contribution in [3.63, 3.8) is 0 Å². The molecule has 1 fully saturated rings. The Labute approximate surface area is 117 Å². The number of hydrogen-bond donors (Lipinski definition) is 2. The zero-order chi connectivity index (χ0) is 15.0. The lowest BCUT2D eigenvalue weighted by atomic mass is 9.92. The molecule has 0 aliphatic heterocycles. The lowest BCUT2D eigenvalue weighted by molar-refractivity contribution is -0.188. The number of nitrogens with one attached hydrogen (secondary N) is 2. The van der Waals surface area contributed by atoms with Gasteiger partial charge in [-0.2, -0.15) is 13.2 Å². The molecule has 1 saturated carbocycles. The van der Waals surface area contributed by atoms with Gasteiger partial charge in [-0.05, 0) is 45.7 Å². The summed E-state index contributed by atoms with van der Waals surface area (Å²) in [5.74, 6) is -0.0401. The molecule has 1 amide bonds. The predicted octanol–water partition coefficient (Wildman–Crippen LogP) is 1.99. The standard InChI is InChI=1S/C13H23F3N2O2/c1-17-7-3-6-12(19)18-10-4-2-5-11(8-10)20-9-13(14,15)16/h10-11,17H,2-9H2,1H3,(H,18,19). The fraction of sp³-hybridized carbons (Fsp3) is 0.923. The molecule has 2 unspecified atom stereocenters. The Kier molecular flexibility index (Phi) is 7.29. The van der Waals surface area contributed by atoms with Crippen molar-refractivity contribution in [2.24, 2.45) is 0 Å². The third-order valence-electron chi connectivity index (χ3n) is 3.30. The predicted molar refractivity (Wildman–Crippen MR) is 69.4 cm³/mol. The van der Waals surface area contributed by atoms with Crippen LogP contribution < -0.4 is 10.6 Å². The molecule has 0 heterocycles. The van der Waals surface area contributed by atoms with Crippen molar-refractivity contribution in [3.05, 3.63) is 0 Å². The van der Waals surface area contributed by atoms with Crippen LogP contribution >= 0.6 is 0 Å². The highest BCUT2D eigenvalue weighted by Crippen LogP contribution is 2.24. The van der Waals surface area contributed by atoms with Gasteiger partial charge in [-0.3, -0.25) is 4.79 Å². The van der Waals surface area contributed by atoms with Gasteiger partial charge in [0.1, 0.15) is 6.61 Å². The summed E-state index contributed by atoms with van der Waals surface area (Å²) >= 11 is 0. The molecule has 4 nitrogen and oxygen atoms in total. The first-order chi connectivity index (χ1) is 9.40. The smallest absolute Gasteiger partial charge is 0.369 e. The van der Waals surface area contributed by atoms with Crippen molar-refractivity contribution in [1.29, 1.82) is 0 Å². The van der Waals surface area contributed by atoms with Gasteiger partial charge in [-0.1, -0.05) is 0 Å². The third-order valence-corrected chi connectivity index (χ3v) is 3.30. The molecule has 2 N–H and O–H groups in total. The number of alkyl halides is 3. The van der Waals surface area contributed by atoms with Crippen LogP contribution in [0, 0.1) is 0 Å². The van der Waals surface area contributed by atoms with E-state index in [1.807, 2.05) is 7.05 Å². The Bertz CT molecular complexity index is 298. The highest BCUT2D eigenvalue weighted by atomic mass is 19.4. The lowest BCUT2D eigenvalue weighted by Gasteiger charge is -2.30. The van der Waals surface area contributed by atoms with Gasteiger partial charge in [0.05, 0.1) is 6.10 Å². The highest BCUT2D eigenvalue weighted by molar-refractivity contribution is 5.76. The van der Waals surface area contributed by atoms with Crippen LogP contribution in [0.15, 0.2) is 0 Å². The number of halogens is 3. The molecular weight excluding hydrogens is 273 g/mol. The van der Waals surface area contributed by atoms with E-state index in [2.05, 4.69) is 10.6 Å². The first kappa shape index (κ1) is 17.2. The van der Waals surface area contributed by atoms with Gasteiger partial charge in [0.2, 0.25) is 5.91 Å². The monoisotopic (exact) mass is 296 g/mol. The molecular formula is C13H23F3N2O2. The number of carbonyl (C=O) groups is 1. The van der Waals surface area contributed by atoms with E-state index in [4.69, 9.17) is 4.74 Å². The Morgan fingerprint density at radius 1 is 1.35 bits per heavy atom. The molecule has 20 heavy (non-hydrogen) atoms. The van der Waals surface area contributed by atoms with E-state index in [9.17, 15) is 18.0 Å². The van der Waals surface area contributed by atoms with E-state index in [0.717, 1.165) is 25.8 Å². The number of ether oxygens (including phenoxy) is 1. The summed E-state index contributed by atoms with van der Waals surface area (Å²) in [4.78, 5) is 11.7. The zero-order valence-corrected chi connectivity index (χ0v) is 11.8. The normalized spacial score (nSPS) is 23.6. The molecule has 2 atom stereocenters. The summed E-state index contributed by atoms with van der Waals surface area (Å²) in [6.45, 7) is -0.435. The molecule has 1 aliphatic rings. The minimum Gasteiger partial charge on any atom is -0.369 e. The van der Waals surface area contributed by atoms with Crippen molar-refractivity contribution in [3.8, 4) is 0 Å². The van der Waals surface area contributed by atoms with Crippen molar-refractivity contribution in [2.75, 3.05) is 20.2 Å². The topological polar surface area (TPSA) is 50.4 Å². The van der Waals surface area contributed by atoms with Gasteiger partial charge in [0.25, 0.3) is 0 Å². The summed E-state index contributed by atoms with van der Waals surface area (Å²) in [5.41, 5.74) is 0. The minimum atomic E-state index is -4.29. The van der Waals surface area contributed by atoms with E-state index < -0.39 is 18.9 Å². The summed E-state index contributed by atoms with van der Waals surface area (Å²) < 4.78 is 41.1. The highest BCUT2D eigenvalue weighted by Gasteiger charge is 2.31. The van der Waals surface area contributed by atoms with Crippen molar-refractivity contribution < 1.29 is 22.7 Å². The van der Waals surface area contributed by atoms with Crippen molar-refractivity contribution in [2.45, 2.75) is 56.8 Å². The minimum absolute atomic E-state index is 0.0401. The average molecular weight is 296 g/mol. The van der Waals surface area contributed by atoms with Crippen LogP contribution in [0.2, 0.25) is 0 Å². The second-order valence-corrected chi connectivity index (χ2v) is 5.19. The Balaban J connectivity index is 2.24. The van der Waals surface area contributed by atoms with Gasteiger partial charge in [0, 0.05) is 12.5 Å². The number of carbonyl (C=O) groups excluding carboxylic acids is 1. The largest absolute Gasteiger partial charge is 0.411 e. The van der Waals surface area contributed by atoms with Crippen molar-refractivity contribution in [1.82, 2.24) is 10.6 Å². The van der Waals surface area contributed by atoms with Gasteiger partial charge in [0.15, 0.2) is 0 Å². The van der Waals surface area contributed by atoms with E-state index >= 15 is 0 Å². The average Bonchev–Trinajstić information content (AvgIpc) is 2.36. The van der Waals surface area contributed by atoms with Crippen LogP contribution in [-0.4, -0.2) is 44.4 Å². The SMILES string of the molecule is CNCCCC(=O)NC1CCCC(OCC(F)(F)F)C1. The summed E-state index contributed by atoms with van der Waals surface area (Å²) in [6, 6.07) is -0.0657.